The minimum Gasteiger partial charge on any atom is -0.328 e. The highest BCUT2D eigenvalue weighted by Gasteiger charge is 2.09. The van der Waals surface area contributed by atoms with Crippen LogP contribution in [0.1, 0.15) is 6.92 Å². The molecule has 2 amide bonds. The second kappa shape index (κ2) is 5.24. The van der Waals surface area contributed by atoms with Gasteiger partial charge < -0.3 is 10.2 Å². The lowest BCUT2D eigenvalue weighted by Crippen LogP contribution is -2.31. The third-order valence-corrected chi connectivity index (χ3v) is 2.56. The molecule has 1 aromatic rings. The monoisotopic (exact) mass is 246 g/mol. The summed E-state index contributed by atoms with van der Waals surface area (Å²) in [5.41, 5.74) is 0.523. The quantitative estimate of drug-likeness (QED) is 0.852. The third kappa shape index (κ3) is 3.29. The first-order chi connectivity index (χ1) is 7.04. The summed E-state index contributed by atoms with van der Waals surface area (Å²) in [5.74, 6) is 0. The van der Waals surface area contributed by atoms with E-state index in [0.29, 0.717) is 22.3 Å². The van der Waals surface area contributed by atoms with Crippen molar-refractivity contribution >= 4 is 34.9 Å². The van der Waals surface area contributed by atoms with E-state index < -0.39 is 0 Å². The van der Waals surface area contributed by atoms with Crippen LogP contribution in [0.3, 0.4) is 0 Å². The van der Waals surface area contributed by atoms with Crippen LogP contribution in [0.25, 0.3) is 0 Å². The van der Waals surface area contributed by atoms with Crippen molar-refractivity contribution in [2.75, 3.05) is 18.9 Å². The Kier molecular flexibility index (Phi) is 4.24. The van der Waals surface area contributed by atoms with Gasteiger partial charge in [0, 0.05) is 18.6 Å². The SMILES string of the molecule is CCN(C)C(=O)Nc1cc(Cl)ccc1Cl. The lowest BCUT2D eigenvalue weighted by Gasteiger charge is -2.16. The van der Waals surface area contributed by atoms with E-state index in [0.717, 1.165) is 0 Å². The summed E-state index contributed by atoms with van der Waals surface area (Å²) in [6.45, 7) is 2.52. The highest BCUT2D eigenvalue weighted by atomic mass is 35.5. The number of benzene rings is 1. The van der Waals surface area contributed by atoms with Crippen LogP contribution in [0.5, 0.6) is 0 Å². The number of halogens is 2. The third-order valence-electron chi connectivity index (χ3n) is 1.99. The maximum atomic E-state index is 11.5. The molecule has 0 aliphatic carbocycles. The lowest BCUT2D eigenvalue weighted by atomic mass is 10.3. The van der Waals surface area contributed by atoms with Crippen LogP contribution in [0, 0.1) is 0 Å². The Balaban J connectivity index is 2.80. The van der Waals surface area contributed by atoms with Crippen LogP contribution in [0.15, 0.2) is 18.2 Å². The molecule has 1 aromatic carbocycles. The molecule has 5 heteroatoms. The zero-order chi connectivity index (χ0) is 11.4. The highest BCUT2D eigenvalue weighted by molar-refractivity contribution is 6.35. The molecule has 0 aromatic heterocycles. The molecule has 0 heterocycles. The van der Waals surface area contributed by atoms with Crippen molar-refractivity contribution in [3.05, 3.63) is 28.2 Å². The fourth-order valence-corrected chi connectivity index (χ4v) is 1.28. The molecule has 0 radical (unpaired) electrons. The van der Waals surface area contributed by atoms with Gasteiger partial charge in [0.1, 0.15) is 0 Å². The summed E-state index contributed by atoms with van der Waals surface area (Å²) in [7, 11) is 1.70. The molecule has 0 aliphatic rings. The molecular formula is C10H12Cl2N2O. The number of hydrogen-bond donors (Lipinski definition) is 1. The Hall–Kier alpha value is -0.930. The molecule has 3 nitrogen and oxygen atoms in total. The van der Waals surface area contributed by atoms with Gasteiger partial charge in [-0.15, -0.1) is 0 Å². The summed E-state index contributed by atoms with van der Waals surface area (Å²) in [6.07, 6.45) is 0. The summed E-state index contributed by atoms with van der Waals surface area (Å²) < 4.78 is 0. The lowest BCUT2D eigenvalue weighted by molar-refractivity contribution is 0.224. The number of hydrogen-bond acceptors (Lipinski definition) is 1. The number of urea groups is 1. The maximum Gasteiger partial charge on any atom is 0.321 e. The molecule has 0 unspecified atom stereocenters. The van der Waals surface area contributed by atoms with Gasteiger partial charge in [-0.1, -0.05) is 23.2 Å². The summed E-state index contributed by atoms with van der Waals surface area (Å²) in [6, 6.07) is 4.72. The molecule has 0 bridgehead atoms. The van der Waals surface area contributed by atoms with Gasteiger partial charge in [-0.3, -0.25) is 0 Å². The van der Waals surface area contributed by atoms with Crippen LogP contribution in [0.4, 0.5) is 10.5 Å². The van der Waals surface area contributed by atoms with E-state index in [-0.39, 0.29) is 6.03 Å². The van der Waals surface area contributed by atoms with E-state index >= 15 is 0 Å². The minimum absolute atomic E-state index is 0.207. The fourth-order valence-electron chi connectivity index (χ4n) is 0.948. The minimum atomic E-state index is -0.207. The maximum absolute atomic E-state index is 11.5. The van der Waals surface area contributed by atoms with E-state index in [9.17, 15) is 4.79 Å². The first-order valence-corrected chi connectivity index (χ1v) is 5.27. The van der Waals surface area contributed by atoms with Crippen molar-refractivity contribution in [1.82, 2.24) is 4.90 Å². The predicted octanol–water partition coefficient (Wildman–Crippen LogP) is 3.48. The van der Waals surface area contributed by atoms with Gasteiger partial charge in [-0.05, 0) is 25.1 Å². The average molecular weight is 247 g/mol. The van der Waals surface area contributed by atoms with Crippen molar-refractivity contribution in [3.63, 3.8) is 0 Å². The van der Waals surface area contributed by atoms with Crippen molar-refractivity contribution < 1.29 is 4.79 Å². The van der Waals surface area contributed by atoms with E-state index in [4.69, 9.17) is 23.2 Å². The normalized spacial score (nSPS) is 9.87. The van der Waals surface area contributed by atoms with Gasteiger partial charge in [0.2, 0.25) is 0 Å². The second-order valence-corrected chi connectivity index (χ2v) is 3.91. The molecule has 0 fully saturated rings. The first-order valence-electron chi connectivity index (χ1n) is 4.51. The number of rotatable bonds is 2. The zero-order valence-electron chi connectivity index (χ0n) is 8.55. The van der Waals surface area contributed by atoms with Crippen molar-refractivity contribution in [2.45, 2.75) is 6.92 Å². The molecule has 0 aliphatic heterocycles. The van der Waals surface area contributed by atoms with Crippen LogP contribution < -0.4 is 5.32 Å². The van der Waals surface area contributed by atoms with Gasteiger partial charge in [-0.2, -0.15) is 0 Å². The number of carbonyl (C=O) groups excluding carboxylic acids is 1. The van der Waals surface area contributed by atoms with E-state index in [1.807, 2.05) is 6.92 Å². The molecule has 82 valence electrons. The van der Waals surface area contributed by atoms with Crippen LogP contribution in [0.2, 0.25) is 10.0 Å². The highest BCUT2D eigenvalue weighted by Crippen LogP contribution is 2.25. The van der Waals surface area contributed by atoms with Crippen molar-refractivity contribution in [1.29, 1.82) is 0 Å². The zero-order valence-corrected chi connectivity index (χ0v) is 10.1. The van der Waals surface area contributed by atoms with Gasteiger partial charge >= 0.3 is 6.03 Å². The standard InChI is InChI=1S/C10H12Cl2N2O/c1-3-14(2)10(15)13-9-6-7(11)4-5-8(9)12/h4-6H,3H2,1-2H3,(H,13,15). The number of amides is 2. The summed E-state index contributed by atoms with van der Waals surface area (Å²) >= 11 is 11.7. The first kappa shape index (κ1) is 12.1. The Bertz CT molecular complexity index is 368. The molecular weight excluding hydrogens is 235 g/mol. The Morgan fingerprint density at radius 3 is 2.73 bits per heavy atom. The second-order valence-electron chi connectivity index (χ2n) is 3.07. The van der Waals surface area contributed by atoms with Crippen LogP contribution in [-0.4, -0.2) is 24.5 Å². The van der Waals surface area contributed by atoms with Gasteiger partial charge in [-0.25, -0.2) is 4.79 Å². The van der Waals surface area contributed by atoms with Crippen molar-refractivity contribution in [2.24, 2.45) is 0 Å². The Morgan fingerprint density at radius 2 is 2.13 bits per heavy atom. The Labute approximate surface area is 99.0 Å². The van der Waals surface area contributed by atoms with E-state index in [1.165, 1.54) is 4.90 Å². The molecule has 1 N–H and O–H groups in total. The molecule has 0 saturated carbocycles. The fraction of sp³-hybridized carbons (Fsp3) is 0.300. The molecule has 0 spiro atoms. The number of nitrogens with zero attached hydrogens (tertiary/aromatic N) is 1. The van der Waals surface area contributed by atoms with Gasteiger partial charge in [0.05, 0.1) is 10.7 Å². The predicted molar refractivity (Wildman–Crippen MR) is 63.8 cm³/mol. The number of nitrogens with one attached hydrogen (secondary N) is 1. The summed E-state index contributed by atoms with van der Waals surface area (Å²) in [5, 5.41) is 3.68. The number of carbonyl (C=O) groups is 1. The van der Waals surface area contributed by atoms with Crippen LogP contribution >= 0.6 is 23.2 Å². The molecule has 0 atom stereocenters. The van der Waals surface area contributed by atoms with Crippen LogP contribution in [-0.2, 0) is 0 Å². The largest absolute Gasteiger partial charge is 0.328 e. The van der Waals surface area contributed by atoms with Gasteiger partial charge in [0.25, 0.3) is 0 Å². The Morgan fingerprint density at radius 1 is 1.47 bits per heavy atom. The number of anilines is 1. The smallest absolute Gasteiger partial charge is 0.321 e. The molecule has 0 saturated heterocycles. The molecule has 1 rings (SSSR count). The van der Waals surface area contributed by atoms with Gasteiger partial charge in [0.15, 0.2) is 0 Å². The van der Waals surface area contributed by atoms with E-state index in [2.05, 4.69) is 5.32 Å². The summed E-state index contributed by atoms with van der Waals surface area (Å²) in [4.78, 5) is 13.1. The topological polar surface area (TPSA) is 32.3 Å². The average Bonchev–Trinajstić information content (AvgIpc) is 2.22. The van der Waals surface area contributed by atoms with Crippen molar-refractivity contribution in [3.8, 4) is 0 Å². The molecule has 15 heavy (non-hydrogen) atoms. The van der Waals surface area contributed by atoms with E-state index in [1.54, 1.807) is 25.2 Å².